The number of para-hydroxylation sites is 2. The van der Waals surface area contributed by atoms with E-state index in [1.807, 2.05) is 54.6 Å². The molecule has 0 spiro atoms. The minimum absolute atomic E-state index is 0.949. The Hall–Kier alpha value is -2.88. The maximum Gasteiger partial charge on any atom is 0.0929 e. The van der Waals surface area contributed by atoms with Crippen molar-refractivity contribution in [3.63, 3.8) is 0 Å². The first-order valence-corrected chi connectivity index (χ1v) is 6.26. The number of aromatic nitrogens is 4. The molecule has 2 heterocycles. The molecule has 0 radical (unpaired) electrons. The van der Waals surface area contributed by atoms with E-state index < -0.39 is 0 Å². The molecule has 4 aromatic rings. The van der Waals surface area contributed by atoms with Gasteiger partial charge in [-0.2, -0.15) is 10.2 Å². The lowest BCUT2D eigenvalue weighted by Gasteiger charge is -1.90. The van der Waals surface area contributed by atoms with E-state index >= 15 is 0 Å². The highest BCUT2D eigenvalue weighted by atomic mass is 15.1. The summed E-state index contributed by atoms with van der Waals surface area (Å²) < 4.78 is 0. The number of nitrogens with zero attached hydrogens (tertiary/aromatic N) is 4. The van der Waals surface area contributed by atoms with Gasteiger partial charge in [0.25, 0.3) is 0 Å². The van der Waals surface area contributed by atoms with E-state index in [-0.39, 0.29) is 0 Å². The van der Waals surface area contributed by atoms with Gasteiger partial charge in [0, 0.05) is 17.8 Å². The van der Waals surface area contributed by atoms with Gasteiger partial charge in [0.05, 0.1) is 22.7 Å². The molecule has 0 aliphatic rings. The molecule has 2 aromatic carbocycles. The molecule has 4 heteroatoms. The summed E-state index contributed by atoms with van der Waals surface area (Å²) in [6, 6.07) is 17.7. The van der Waals surface area contributed by atoms with Crippen LogP contribution >= 0.6 is 0 Å². The predicted molar refractivity (Wildman–Crippen MR) is 79.1 cm³/mol. The minimum Gasteiger partial charge on any atom is -0.253 e. The van der Waals surface area contributed by atoms with Crippen molar-refractivity contribution in [2.24, 2.45) is 0 Å². The molecule has 0 fully saturated rings. The van der Waals surface area contributed by atoms with Crippen LogP contribution in [0.3, 0.4) is 0 Å². The molecule has 4 rings (SSSR count). The van der Waals surface area contributed by atoms with Crippen molar-refractivity contribution in [1.82, 2.24) is 20.2 Å². The lowest BCUT2D eigenvalue weighted by Crippen LogP contribution is -1.79. The highest BCUT2D eigenvalue weighted by Gasteiger charge is 1.88. The van der Waals surface area contributed by atoms with Crippen molar-refractivity contribution in [2.75, 3.05) is 0 Å². The molecule has 0 aliphatic heterocycles. The molecular weight excluding hydrogens is 248 g/mol. The van der Waals surface area contributed by atoms with E-state index in [4.69, 9.17) is 0 Å². The van der Waals surface area contributed by atoms with Gasteiger partial charge in [-0.25, -0.2) is 0 Å². The molecule has 0 saturated heterocycles. The van der Waals surface area contributed by atoms with Crippen LogP contribution in [0.5, 0.6) is 0 Å². The van der Waals surface area contributed by atoms with Crippen LogP contribution in [-0.2, 0) is 0 Å². The van der Waals surface area contributed by atoms with Gasteiger partial charge in [-0.1, -0.05) is 30.3 Å². The third kappa shape index (κ3) is 2.75. The Labute approximate surface area is 116 Å². The monoisotopic (exact) mass is 260 g/mol. The van der Waals surface area contributed by atoms with Crippen LogP contribution in [0, 0.1) is 0 Å². The molecule has 0 amide bonds. The molecule has 4 nitrogen and oxygen atoms in total. The fourth-order valence-electron chi connectivity index (χ4n) is 1.84. The smallest absolute Gasteiger partial charge is 0.0929 e. The molecule has 0 atom stereocenters. The maximum atomic E-state index is 4.12. The second-order valence-corrected chi connectivity index (χ2v) is 4.14. The van der Waals surface area contributed by atoms with Crippen LogP contribution in [0.2, 0.25) is 0 Å². The van der Waals surface area contributed by atoms with Gasteiger partial charge < -0.3 is 0 Å². The van der Waals surface area contributed by atoms with Gasteiger partial charge in [-0.3, -0.25) is 9.97 Å². The summed E-state index contributed by atoms with van der Waals surface area (Å²) in [7, 11) is 0. The lowest BCUT2D eigenvalue weighted by molar-refractivity contribution is 1.08. The normalized spacial score (nSPS) is 10.0. The Balaban J connectivity index is 0.000000121. The van der Waals surface area contributed by atoms with Gasteiger partial charge in [-0.15, -0.1) is 0 Å². The second-order valence-electron chi connectivity index (χ2n) is 4.14. The van der Waals surface area contributed by atoms with Crippen LogP contribution in [0.4, 0.5) is 0 Å². The van der Waals surface area contributed by atoms with Gasteiger partial charge >= 0.3 is 0 Å². The Morgan fingerprint density at radius 1 is 0.550 bits per heavy atom. The van der Waals surface area contributed by atoms with Crippen molar-refractivity contribution < 1.29 is 0 Å². The highest BCUT2D eigenvalue weighted by molar-refractivity contribution is 5.77. The zero-order valence-electron chi connectivity index (χ0n) is 10.7. The molecule has 20 heavy (non-hydrogen) atoms. The SMILES string of the molecule is c1ccc2nccnc2c1.c1ccc2nnccc2c1. The summed E-state index contributed by atoms with van der Waals surface area (Å²) in [5.41, 5.74) is 2.85. The average molecular weight is 260 g/mol. The molecule has 0 aliphatic carbocycles. The quantitative estimate of drug-likeness (QED) is 0.487. The van der Waals surface area contributed by atoms with Gasteiger partial charge in [0.15, 0.2) is 0 Å². The van der Waals surface area contributed by atoms with Gasteiger partial charge in [0.2, 0.25) is 0 Å². The number of fused-ring (bicyclic) bond motifs is 2. The van der Waals surface area contributed by atoms with E-state index in [0.717, 1.165) is 21.9 Å². The Bertz CT molecular complexity index is 628. The van der Waals surface area contributed by atoms with Gasteiger partial charge in [0.1, 0.15) is 0 Å². The molecule has 0 saturated carbocycles. The molecule has 96 valence electrons. The first-order valence-electron chi connectivity index (χ1n) is 6.26. The third-order valence-electron chi connectivity index (χ3n) is 2.80. The molecule has 0 N–H and O–H groups in total. The summed E-state index contributed by atoms with van der Waals surface area (Å²) in [6.45, 7) is 0. The summed E-state index contributed by atoms with van der Waals surface area (Å²) in [5, 5.41) is 8.83. The van der Waals surface area contributed by atoms with Crippen molar-refractivity contribution in [2.45, 2.75) is 0 Å². The van der Waals surface area contributed by atoms with Crippen LogP contribution in [0.25, 0.3) is 21.9 Å². The largest absolute Gasteiger partial charge is 0.253 e. The first-order chi connectivity index (χ1) is 9.93. The number of hydrogen-bond acceptors (Lipinski definition) is 4. The standard InChI is InChI=1S/2C8H6N2/c1-2-4-8-7(3-1)9-5-6-10-8;1-2-4-8-7(3-1)5-6-9-10-8/h2*1-6H. The second kappa shape index (κ2) is 5.84. The third-order valence-corrected chi connectivity index (χ3v) is 2.80. The lowest BCUT2D eigenvalue weighted by atomic mass is 10.2. The summed E-state index contributed by atoms with van der Waals surface area (Å²) in [6.07, 6.45) is 5.09. The number of benzene rings is 2. The first kappa shape index (κ1) is 12.2. The fourth-order valence-corrected chi connectivity index (χ4v) is 1.84. The topological polar surface area (TPSA) is 51.6 Å². The van der Waals surface area contributed by atoms with Crippen molar-refractivity contribution in [1.29, 1.82) is 0 Å². The fraction of sp³-hybridized carbons (Fsp3) is 0. The number of hydrogen-bond donors (Lipinski definition) is 0. The summed E-state index contributed by atoms with van der Waals surface area (Å²) in [5.74, 6) is 0. The molecule has 2 aromatic heterocycles. The average Bonchev–Trinajstić information content (AvgIpc) is 2.56. The predicted octanol–water partition coefficient (Wildman–Crippen LogP) is 3.26. The van der Waals surface area contributed by atoms with E-state index in [1.165, 1.54) is 0 Å². The molecule has 0 bridgehead atoms. The highest BCUT2D eigenvalue weighted by Crippen LogP contribution is 2.06. The minimum atomic E-state index is 0.949. The van der Waals surface area contributed by atoms with Crippen molar-refractivity contribution >= 4 is 21.9 Å². The van der Waals surface area contributed by atoms with Crippen molar-refractivity contribution in [3.8, 4) is 0 Å². The van der Waals surface area contributed by atoms with Crippen LogP contribution in [-0.4, -0.2) is 20.2 Å². The zero-order chi connectivity index (χ0) is 13.6. The van der Waals surface area contributed by atoms with E-state index in [1.54, 1.807) is 18.6 Å². The number of rotatable bonds is 0. The Kier molecular flexibility index (Phi) is 3.55. The maximum absolute atomic E-state index is 4.12. The van der Waals surface area contributed by atoms with Crippen LogP contribution in [0.1, 0.15) is 0 Å². The van der Waals surface area contributed by atoms with Gasteiger partial charge in [-0.05, 0) is 24.3 Å². The molecule has 0 unspecified atom stereocenters. The summed E-state index contributed by atoms with van der Waals surface area (Å²) >= 11 is 0. The summed E-state index contributed by atoms with van der Waals surface area (Å²) in [4.78, 5) is 8.24. The van der Waals surface area contributed by atoms with E-state index in [0.29, 0.717) is 0 Å². The van der Waals surface area contributed by atoms with Crippen molar-refractivity contribution in [3.05, 3.63) is 73.2 Å². The Morgan fingerprint density at radius 3 is 1.80 bits per heavy atom. The zero-order valence-corrected chi connectivity index (χ0v) is 10.7. The molecular formula is C16H12N4. The van der Waals surface area contributed by atoms with Crippen LogP contribution < -0.4 is 0 Å². The van der Waals surface area contributed by atoms with E-state index in [9.17, 15) is 0 Å². The Morgan fingerprint density at radius 2 is 1.15 bits per heavy atom. The van der Waals surface area contributed by atoms with E-state index in [2.05, 4.69) is 20.2 Å². The van der Waals surface area contributed by atoms with Crippen LogP contribution in [0.15, 0.2) is 73.2 Å².